The first-order valence-electron chi connectivity index (χ1n) is 9.24. The molecule has 1 fully saturated rings. The monoisotopic (exact) mass is 328 g/mol. The first-order valence-corrected chi connectivity index (χ1v) is 9.24. The average Bonchev–Trinajstić information content (AvgIpc) is 2.88. The zero-order valence-electron chi connectivity index (χ0n) is 14.9. The summed E-state index contributed by atoms with van der Waals surface area (Å²) in [5.74, 6) is 1.29. The summed E-state index contributed by atoms with van der Waals surface area (Å²) < 4.78 is 5.38. The summed E-state index contributed by atoms with van der Waals surface area (Å²) in [5, 5.41) is 22.2. The molecule has 24 heavy (non-hydrogen) atoms. The van der Waals surface area contributed by atoms with Gasteiger partial charge in [-0.2, -0.15) is 0 Å². The van der Waals surface area contributed by atoms with Gasteiger partial charge in [0.2, 0.25) is 0 Å². The van der Waals surface area contributed by atoms with Gasteiger partial charge in [-0.3, -0.25) is 0 Å². The Labute approximate surface area is 144 Å². The molecule has 4 rings (SSSR count). The topological polar surface area (TPSA) is 49.7 Å². The second-order valence-corrected chi connectivity index (χ2v) is 8.14. The molecule has 1 saturated carbocycles. The third-order valence-corrected chi connectivity index (χ3v) is 7.00. The number of aryl methyl sites for hydroxylation is 1. The summed E-state index contributed by atoms with van der Waals surface area (Å²) in [6.45, 7) is 4.25. The van der Waals surface area contributed by atoms with Crippen LogP contribution in [0.2, 0.25) is 0 Å². The van der Waals surface area contributed by atoms with Gasteiger partial charge in [-0.1, -0.05) is 25.5 Å². The zero-order chi connectivity index (χ0) is 17.1. The highest BCUT2D eigenvalue weighted by atomic mass is 16.5. The van der Waals surface area contributed by atoms with E-state index in [4.69, 9.17) is 4.74 Å². The van der Waals surface area contributed by atoms with Gasteiger partial charge < -0.3 is 14.9 Å². The van der Waals surface area contributed by atoms with Crippen LogP contribution < -0.4 is 4.74 Å². The van der Waals surface area contributed by atoms with Crippen LogP contribution in [-0.4, -0.2) is 29.0 Å². The van der Waals surface area contributed by atoms with E-state index in [1.165, 1.54) is 16.7 Å². The molecule has 2 N–H and O–H groups in total. The van der Waals surface area contributed by atoms with Gasteiger partial charge in [0.25, 0.3) is 0 Å². The standard InChI is InChI=1S/C21H28O3/c1-4-21(23)12-20(2)17(9-10-18(20)22)16-7-5-13-11-14(24-3)6-8-15(13)19(16)21/h6,8,11,17-18,22-23H,4-5,7,9-10,12H2,1-3H3/t17-,18-,20-,21?/m0/s1. The molecule has 0 aliphatic heterocycles. The molecule has 3 heteroatoms. The van der Waals surface area contributed by atoms with Crippen molar-refractivity contribution in [2.45, 2.75) is 64.1 Å². The highest BCUT2D eigenvalue weighted by Crippen LogP contribution is 2.61. The lowest BCUT2D eigenvalue weighted by Crippen LogP contribution is -2.48. The van der Waals surface area contributed by atoms with Gasteiger partial charge in [0.1, 0.15) is 5.75 Å². The minimum Gasteiger partial charge on any atom is -0.497 e. The minimum absolute atomic E-state index is 0.187. The lowest BCUT2D eigenvalue weighted by molar-refractivity contribution is -0.0356. The summed E-state index contributed by atoms with van der Waals surface area (Å²) in [7, 11) is 1.70. The Morgan fingerprint density at radius 2 is 2.04 bits per heavy atom. The number of methoxy groups -OCH3 is 1. The number of hydrogen-bond acceptors (Lipinski definition) is 3. The van der Waals surface area contributed by atoms with Gasteiger partial charge in [0, 0.05) is 5.41 Å². The van der Waals surface area contributed by atoms with E-state index in [9.17, 15) is 10.2 Å². The van der Waals surface area contributed by atoms with E-state index in [0.717, 1.165) is 37.0 Å². The predicted molar refractivity (Wildman–Crippen MR) is 94.9 cm³/mol. The van der Waals surface area contributed by atoms with Crippen molar-refractivity contribution in [1.29, 1.82) is 0 Å². The van der Waals surface area contributed by atoms with Crippen LogP contribution in [0.4, 0.5) is 0 Å². The molecule has 0 aromatic heterocycles. The summed E-state index contributed by atoms with van der Waals surface area (Å²) >= 11 is 0. The Bertz CT molecular complexity index is 707. The lowest BCUT2D eigenvalue weighted by atomic mass is 9.56. The Morgan fingerprint density at radius 1 is 1.25 bits per heavy atom. The number of fused-ring (bicyclic) bond motifs is 4. The maximum absolute atomic E-state index is 11.6. The molecule has 1 aromatic carbocycles. The second-order valence-electron chi connectivity index (χ2n) is 8.14. The Kier molecular flexibility index (Phi) is 3.59. The molecular weight excluding hydrogens is 300 g/mol. The quantitative estimate of drug-likeness (QED) is 0.870. The summed E-state index contributed by atoms with van der Waals surface area (Å²) in [4.78, 5) is 0. The Hall–Kier alpha value is -1.32. The number of hydrogen-bond donors (Lipinski definition) is 2. The van der Waals surface area contributed by atoms with E-state index in [1.54, 1.807) is 7.11 Å². The largest absolute Gasteiger partial charge is 0.497 e. The predicted octanol–water partition coefficient (Wildman–Crippen LogP) is 3.72. The smallest absolute Gasteiger partial charge is 0.119 e. The molecule has 0 radical (unpaired) electrons. The first kappa shape index (κ1) is 16.2. The molecule has 0 amide bonds. The van der Waals surface area contributed by atoms with E-state index in [1.807, 2.05) is 6.07 Å². The number of aliphatic hydroxyl groups is 2. The Balaban J connectivity index is 1.91. The third kappa shape index (κ3) is 2.04. The minimum atomic E-state index is -0.838. The van der Waals surface area contributed by atoms with E-state index in [0.29, 0.717) is 18.8 Å². The highest BCUT2D eigenvalue weighted by molar-refractivity contribution is 5.80. The zero-order valence-corrected chi connectivity index (χ0v) is 14.9. The number of benzene rings is 1. The highest BCUT2D eigenvalue weighted by Gasteiger charge is 2.57. The first-order chi connectivity index (χ1) is 11.4. The van der Waals surface area contributed by atoms with Gasteiger partial charge in [0.15, 0.2) is 0 Å². The molecular formula is C21H28O3. The molecule has 0 saturated heterocycles. The van der Waals surface area contributed by atoms with Gasteiger partial charge in [0.05, 0.1) is 18.8 Å². The van der Waals surface area contributed by atoms with Crippen molar-refractivity contribution in [3.63, 3.8) is 0 Å². The SMILES string of the molecule is CCC1(O)C[C@]2(C)[C@@H](O)CC[C@H]2C2=C1c1ccc(OC)cc1CC2. The maximum atomic E-state index is 11.6. The normalized spacial score (nSPS) is 37.7. The van der Waals surface area contributed by atoms with Crippen molar-refractivity contribution in [2.24, 2.45) is 11.3 Å². The van der Waals surface area contributed by atoms with E-state index < -0.39 is 5.60 Å². The fourth-order valence-corrected chi connectivity index (χ4v) is 5.66. The van der Waals surface area contributed by atoms with Crippen molar-refractivity contribution in [3.05, 3.63) is 34.9 Å². The molecule has 1 aromatic rings. The van der Waals surface area contributed by atoms with Crippen molar-refractivity contribution in [2.75, 3.05) is 7.11 Å². The number of allylic oxidation sites excluding steroid dienone is 1. The van der Waals surface area contributed by atoms with Gasteiger partial charge in [-0.25, -0.2) is 0 Å². The fourth-order valence-electron chi connectivity index (χ4n) is 5.66. The van der Waals surface area contributed by atoms with Crippen LogP contribution in [0.3, 0.4) is 0 Å². The van der Waals surface area contributed by atoms with E-state index in [-0.39, 0.29) is 11.5 Å². The van der Waals surface area contributed by atoms with Crippen molar-refractivity contribution in [3.8, 4) is 5.75 Å². The van der Waals surface area contributed by atoms with Crippen LogP contribution in [0.15, 0.2) is 23.8 Å². The molecule has 4 atom stereocenters. The van der Waals surface area contributed by atoms with Crippen LogP contribution in [0, 0.1) is 11.3 Å². The molecule has 130 valence electrons. The van der Waals surface area contributed by atoms with Crippen LogP contribution in [0.5, 0.6) is 5.75 Å². The molecule has 0 heterocycles. The van der Waals surface area contributed by atoms with Crippen LogP contribution >= 0.6 is 0 Å². The summed E-state index contributed by atoms with van der Waals surface area (Å²) in [6.07, 6.45) is 4.93. The molecule has 0 bridgehead atoms. The van der Waals surface area contributed by atoms with Crippen molar-refractivity contribution < 1.29 is 14.9 Å². The second kappa shape index (κ2) is 5.34. The maximum Gasteiger partial charge on any atom is 0.119 e. The summed E-state index contributed by atoms with van der Waals surface area (Å²) in [6, 6.07) is 6.24. The van der Waals surface area contributed by atoms with Crippen LogP contribution in [-0.2, 0) is 6.42 Å². The molecule has 0 spiro atoms. The molecule has 1 unspecified atom stereocenters. The number of aliphatic hydroxyl groups excluding tert-OH is 1. The number of ether oxygens (including phenoxy) is 1. The van der Waals surface area contributed by atoms with E-state index >= 15 is 0 Å². The van der Waals surface area contributed by atoms with Gasteiger partial charge >= 0.3 is 0 Å². The number of rotatable bonds is 2. The average molecular weight is 328 g/mol. The van der Waals surface area contributed by atoms with Gasteiger partial charge in [-0.05, 0) is 73.3 Å². The molecule has 3 aliphatic rings. The van der Waals surface area contributed by atoms with E-state index in [2.05, 4.69) is 26.0 Å². The van der Waals surface area contributed by atoms with Crippen LogP contribution in [0.1, 0.15) is 57.1 Å². The lowest BCUT2D eigenvalue weighted by Gasteiger charge is -2.51. The molecule has 3 nitrogen and oxygen atoms in total. The third-order valence-electron chi connectivity index (χ3n) is 7.00. The van der Waals surface area contributed by atoms with Crippen molar-refractivity contribution >= 4 is 5.57 Å². The fraction of sp³-hybridized carbons (Fsp3) is 0.619. The van der Waals surface area contributed by atoms with Crippen molar-refractivity contribution in [1.82, 2.24) is 0 Å². The van der Waals surface area contributed by atoms with Gasteiger partial charge in [-0.15, -0.1) is 0 Å². The Morgan fingerprint density at radius 3 is 2.75 bits per heavy atom. The molecule has 3 aliphatic carbocycles. The summed E-state index contributed by atoms with van der Waals surface area (Å²) in [5.41, 5.74) is 4.02. The van der Waals surface area contributed by atoms with Crippen LogP contribution in [0.25, 0.3) is 5.57 Å².